The first-order chi connectivity index (χ1) is 20.5. The molecule has 0 spiro atoms. The molecular weight excluding hydrogens is 605 g/mol. The Hall–Kier alpha value is -2.91. The van der Waals surface area contributed by atoms with E-state index in [0.29, 0.717) is 26.3 Å². The summed E-state index contributed by atoms with van der Waals surface area (Å²) in [6, 6.07) is 18.1. The summed E-state index contributed by atoms with van der Waals surface area (Å²) in [4.78, 5) is 25.2. The Morgan fingerprint density at radius 2 is 1.86 bits per heavy atom. The van der Waals surface area contributed by atoms with Crippen molar-refractivity contribution < 1.29 is 32.6 Å². The number of benzene rings is 3. The van der Waals surface area contributed by atoms with Crippen LogP contribution in [-0.4, -0.2) is 67.4 Å². The van der Waals surface area contributed by atoms with Crippen LogP contribution < -0.4 is 15.4 Å². The Bertz CT molecular complexity index is 1560. The van der Waals surface area contributed by atoms with Crippen molar-refractivity contribution in [2.45, 2.75) is 45.4 Å². The summed E-state index contributed by atoms with van der Waals surface area (Å²) in [6.07, 6.45) is 2.33. The molecule has 0 radical (unpaired) electrons. The molecule has 0 aromatic heterocycles. The molecule has 1 heterocycles. The van der Waals surface area contributed by atoms with Crippen molar-refractivity contribution >= 4 is 47.4 Å². The normalized spacial score (nSPS) is 14.6. The van der Waals surface area contributed by atoms with E-state index in [-0.39, 0.29) is 18.3 Å². The monoisotopic (exact) mass is 643 g/mol. The van der Waals surface area contributed by atoms with Gasteiger partial charge in [-0.15, -0.1) is 0 Å². The molecule has 11 heteroatoms. The quantitative estimate of drug-likeness (QED) is 0.227. The number of amides is 1. The molecule has 0 bridgehead atoms. The van der Waals surface area contributed by atoms with E-state index in [9.17, 15) is 23.1 Å². The maximum Gasteiger partial charge on any atom is 0.326 e. The summed E-state index contributed by atoms with van der Waals surface area (Å²) < 4.78 is 35.4. The summed E-state index contributed by atoms with van der Waals surface area (Å²) in [5.41, 5.74) is 4.87. The third-order valence-electron chi connectivity index (χ3n) is 7.14. The van der Waals surface area contributed by atoms with Crippen LogP contribution in [0.4, 0.5) is 0 Å². The zero-order valence-electron chi connectivity index (χ0n) is 24.6. The SMILES string of the molecule is CCSCC(Cc1ccc2c(c1)PCO2)OCc1ccc(C(=O)NC(CCS(C)(=O)=O)C(=O)O)c(-c2ccccc2C)c1. The van der Waals surface area contributed by atoms with Gasteiger partial charge in [-0.1, -0.05) is 43.3 Å². The van der Waals surface area contributed by atoms with E-state index in [2.05, 4.69) is 24.4 Å². The number of carbonyl (C=O) groups excluding carboxylic acids is 1. The van der Waals surface area contributed by atoms with Crippen molar-refractivity contribution in [2.24, 2.45) is 0 Å². The number of carboxylic acids is 1. The van der Waals surface area contributed by atoms with Crippen molar-refractivity contribution in [3.63, 3.8) is 0 Å². The van der Waals surface area contributed by atoms with E-state index in [0.717, 1.165) is 53.0 Å². The molecule has 1 amide bonds. The minimum Gasteiger partial charge on any atom is -0.488 e. The highest BCUT2D eigenvalue weighted by molar-refractivity contribution is 7.99. The number of ether oxygens (including phenoxy) is 2. The Labute approximate surface area is 259 Å². The minimum absolute atomic E-state index is 0.00953. The van der Waals surface area contributed by atoms with Gasteiger partial charge in [0.15, 0.2) is 0 Å². The van der Waals surface area contributed by atoms with Crippen LogP contribution in [0.5, 0.6) is 5.75 Å². The fourth-order valence-corrected chi connectivity index (χ4v) is 7.23. The maximum atomic E-state index is 13.4. The number of hydrogen-bond acceptors (Lipinski definition) is 7. The van der Waals surface area contributed by atoms with E-state index in [1.807, 2.05) is 61.2 Å². The first-order valence-electron chi connectivity index (χ1n) is 14.1. The van der Waals surface area contributed by atoms with Gasteiger partial charge in [0.1, 0.15) is 28.0 Å². The summed E-state index contributed by atoms with van der Waals surface area (Å²) >= 11 is 1.83. The van der Waals surface area contributed by atoms with Crippen LogP contribution >= 0.6 is 20.3 Å². The third kappa shape index (κ3) is 9.54. The average Bonchev–Trinajstić information content (AvgIpc) is 3.44. The lowest BCUT2D eigenvalue weighted by Gasteiger charge is -2.20. The van der Waals surface area contributed by atoms with Gasteiger partial charge in [-0.25, -0.2) is 13.2 Å². The van der Waals surface area contributed by atoms with Crippen molar-refractivity contribution in [1.29, 1.82) is 0 Å². The largest absolute Gasteiger partial charge is 0.488 e. The van der Waals surface area contributed by atoms with E-state index < -0.39 is 27.8 Å². The Kier molecular flexibility index (Phi) is 11.7. The highest BCUT2D eigenvalue weighted by atomic mass is 32.2. The number of nitrogens with one attached hydrogen (secondary N) is 1. The van der Waals surface area contributed by atoms with Crippen LogP contribution in [-0.2, 0) is 32.4 Å². The second-order valence-corrected chi connectivity index (χ2v) is 15.3. The highest BCUT2D eigenvalue weighted by Crippen LogP contribution is 2.30. The molecule has 3 aromatic carbocycles. The standard InChI is InChI=1S/C32H38NO7PS2/c1-4-42-19-24(15-22-10-12-29-30(17-22)41-20-40-29)39-18-23-9-11-26(27(16-23)25-8-6-5-7-21(25)2)31(34)33-28(32(35)36)13-14-43(3,37)38/h5-12,16-17,24,28,41H,4,13-15,18-20H2,1-3H3,(H,33,34)(H,35,36). The molecule has 8 nitrogen and oxygen atoms in total. The molecule has 2 N–H and O–H groups in total. The number of hydrogen-bond donors (Lipinski definition) is 2. The van der Waals surface area contributed by atoms with Crippen molar-refractivity contribution in [2.75, 3.05) is 29.9 Å². The number of aryl methyl sites for hydroxylation is 1. The maximum absolute atomic E-state index is 13.4. The molecule has 0 saturated carbocycles. The zero-order chi connectivity index (χ0) is 31.0. The second kappa shape index (κ2) is 15.2. The predicted octanol–water partition coefficient (Wildman–Crippen LogP) is 4.81. The number of carbonyl (C=O) groups is 2. The summed E-state index contributed by atoms with van der Waals surface area (Å²) in [6.45, 7) is 4.42. The molecule has 0 saturated heterocycles. The van der Waals surface area contributed by atoms with E-state index in [1.165, 1.54) is 10.9 Å². The molecule has 230 valence electrons. The van der Waals surface area contributed by atoms with Crippen LogP contribution in [0.2, 0.25) is 0 Å². The van der Waals surface area contributed by atoms with Gasteiger partial charge >= 0.3 is 5.97 Å². The van der Waals surface area contributed by atoms with Crippen molar-refractivity contribution in [1.82, 2.24) is 5.32 Å². The summed E-state index contributed by atoms with van der Waals surface area (Å²) in [5.74, 6) is 0.601. The van der Waals surface area contributed by atoms with Crippen LogP contribution in [0, 0.1) is 6.92 Å². The lowest BCUT2D eigenvalue weighted by Crippen LogP contribution is -2.42. The molecule has 1 aliphatic rings. The van der Waals surface area contributed by atoms with Crippen LogP contribution in [0.15, 0.2) is 60.7 Å². The topological polar surface area (TPSA) is 119 Å². The van der Waals surface area contributed by atoms with E-state index >= 15 is 0 Å². The molecule has 4 rings (SSSR count). The lowest BCUT2D eigenvalue weighted by molar-refractivity contribution is -0.139. The number of thioether (sulfide) groups is 1. The van der Waals surface area contributed by atoms with Gasteiger partial charge in [0, 0.05) is 22.9 Å². The molecular formula is C32H38NO7PS2. The number of aliphatic carboxylic acids is 1. The fraction of sp³-hybridized carbons (Fsp3) is 0.375. The van der Waals surface area contributed by atoms with E-state index in [1.54, 1.807) is 6.07 Å². The molecule has 43 heavy (non-hydrogen) atoms. The van der Waals surface area contributed by atoms with Gasteiger partial charge in [0.2, 0.25) is 0 Å². The predicted molar refractivity (Wildman–Crippen MR) is 175 cm³/mol. The van der Waals surface area contributed by atoms with Gasteiger partial charge in [-0.2, -0.15) is 11.8 Å². The van der Waals surface area contributed by atoms with Gasteiger partial charge in [-0.05, 0) is 86.2 Å². The smallest absolute Gasteiger partial charge is 0.326 e. The first kappa shape index (κ1) is 33.0. The summed E-state index contributed by atoms with van der Waals surface area (Å²) in [5, 5.41) is 13.4. The molecule has 0 fully saturated rings. The van der Waals surface area contributed by atoms with Crippen LogP contribution in [0.25, 0.3) is 11.1 Å². The Morgan fingerprint density at radius 1 is 1.09 bits per heavy atom. The lowest BCUT2D eigenvalue weighted by atomic mass is 9.93. The Morgan fingerprint density at radius 3 is 2.58 bits per heavy atom. The van der Waals surface area contributed by atoms with Gasteiger partial charge in [0.05, 0.1) is 18.5 Å². The number of rotatable bonds is 15. The van der Waals surface area contributed by atoms with Gasteiger partial charge in [0.25, 0.3) is 5.91 Å². The molecule has 3 aromatic rings. The average molecular weight is 644 g/mol. The minimum atomic E-state index is -3.39. The zero-order valence-corrected chi connectivity index (χ0v) is 27.2. The van der Waals surface area contributed by atoms with Gasteiger partial charge in [-0.3, -0.25) is 4.79 Å². The van der Waals surface area contributed by atoms with Gasteiger partial charge < -0.3 is 19.9 Å². The second-order valence-electron chi connectivity index (χ2n) is 10.6. The highest BCUT2D eigenvalue weighted by Gasteiger charge is 2.24. The van der Waals surface area contributed by atoms with Crippen LogP contribution in [0.1, 0.15) is 40.4 Å². The summed E-state index contributed by atoms with van der Waals surface area (Å²) in [7, 11) is -2.73. The number of carboxylic acid groups (broad SMARTS) is 1. The van der Waals surface area contributed by atoms with Crippen molar-refractivity contribution in [3.05, 3.63) is 82.9 Å². The van der Waals surface area contributed by atoms with Crippen molar-refractivity contribution in [3.8, 4) is 16.9 Å². The van der Waals surface area contributed by atoms with Crippen LogP contribution in [0.3, 0.4) is 0 Å². The Balaban J connectivity index is 1.56. The first-order valence-corrected chi connectivity index (χ1v) is 18.6. The third-order valence-corrected chi connectivity index (χ3v) is 10.2. The van der Waals surface area contributed by atoms with E-state index in [4.69, 9.17) is 9.47 Å². The number of fused-ring (bicyclic) bond motifs is 1. The molecule has 1 aliphatic heterocycles. The molecule has 3 unspecified atom stereocenters. The number of sulfone groups is 1. The fourth-order valence-electron chi connectivity index (χ4n) is 4.85. The molecule has 0 aliphatic carbocycles. The molecule has 3 atom stereocenters.